The highest BCUT2D eigenvalue weighted by molar-refractivity contribution is 5.66. The van der Waals surface area contributed by atoms with Gasteiger partial charge < -0.3 is 10.0 Å². The average molecular weight is 321 g/mol. The van der Waals surface area contributed by atoms with Crippen molar-refractivity contribution >= 4 is 6.09 Å². The number of carboxylic acid groups (broad SMARTS) is 1. The average Bonchev–Trinajstić information content (AvgIpc) is 3.25. The van der Waals surface area contributed by atoms with Crippen molar-refractivity contribution in [1.29, 1.82) is 0 Å². The fourth-order valence-corrected chi connectivity index (χ4v) is 4.33. The Morgan fingerprint density at radius 2 is 1.62 bits per heavy atom. The van der Waals surface area contributed by atoms with Gasteiger partial charge in [-0.1, -0.05) is 60.7 Å². The van der Waals surface area contributed by atoms with Crippen LogP contribution < -0.4 is 0 Å². The van der Waals surface area contributed by atoms with Crippen molar-refractivity contribution in [1.82, 2.24) is 4.90 Å². The van der Waals surface area contributed by atoms with E-state index in [1.807, 2.05) is 36.4 Å². The van der Waals surface area contributed by atoms with Crippen molar-refractivity contribution in [3.63, 3.8) is 0 Å². The molecule has 2 atom stereocenters. The second-order valence-corrected chi connectivity index (χ2v) is 7.39. The van der Waals surface area contributed by atoms with Crippen molar-refractivity contribution in [3.05, 3.63) is 71.8 Å². The molecule has 2 saturated carbocycles. The first kappa shape index (κ1) is 15.3. The van der Waals surface area contributed by atoms with E-state index in [-0.39, 0.29) is 6.04 Å². The molecule has 2 fully saturated rings. The van der Waals surface area contributed by atoms with Crippen molar-refractivity contribution in [2.75, 3.05) is 0 Å². The van der Waals surface area contributed by atoms with Crippen molar-refractivity contribution in [2.24, 2.45) is 5.41 Å². The minimum Gasteiger partial charge on any atom is -0.465 e. The number of hydrogen-bond acceptors (Lipinski definition) is 1. The Balaban J connectivity index is 1.63. The molecule has 2 aliphatic carbocycles. The van der Waals surface area contributed by atoms with E-state index in [0.29, 0.717) is 17.9 Å². The maximum atomic E-state index is 12.0. The van der Waals surface area contributed by atoms with Gasteiger partial charge in [0.15, 0.2) is 0 Å². The molecule has 1 unspecified atom stereocenters. The molecule has 0 aromatic heterocycles. The fraction of sp³-hybridized carbons (Fsp3) is 0.381. The summed E-state index contributed by atoms with van der Waals surface area (Å²) in [6.07, 6.45) is 3.84. The smallest absolute Gasteiger partial charge is 0.407 e. The van der Waals surface area contributed by atoms with Gasteiger partial charge in [0.05, 0.1) is 0 Å². The summed E-state index contributed by atoms with van der Waals surface area (Å²) in [5.41, 5.74) is 2.74. The van der Waals surface area contributed by atoms with Crippen LogP contribution in [0.1, 0.15) is 42.7 Å². The number of hydrogen-bond donors (Lipinski definition) is 1. The van der Waals surface area contributed by atoms with Crippen LogP contribution in [-0.2, 0) is 6.54 Å². The van der Waals surface area contributed by atoms with Gasteiger partial charge in [-0.15, -0.1) is 0 Å². The van der Waals surface area contributed by atoms with Crippen LogP contribution >= 0.6 is 0 Å². The first-order valence-electron chi connectivity index (χ1n) is 8.75. The maximum Gasteiger partial charge on any atom is 0.407 e. The highest BCUT2D eigenvalue weighted by Gasteiger charge is 2.55. The molecular weight excluding hydrogens is 298 g/mol. The van der Waals surface area contributed by atoms with E-state index >= 15 is 0 Å². The lowest BCUT2D eigenvalue weighted by Crippen LogP contribution is -2.40. The van der Waals surface area contributed by atoms with E-state index in [1.165, 1.54) is 18.4 Å². The third kappa shape index (κ3) is 2.91. The molecule has 3 heteroatoms. The zero-order valence-corrected chi connectivity index (χ0v) is 13.8. The molecule has 0 aliphatic heterocycles. The molecule has 1 N–H and O–H groups in total. The van der Waals surface area contributed by atoms with Crippen LogP contribution in [0.2, 0.25) is 0 Å². The molecule has 0 radical (unpaired) electrons. The summed E-state index contributed by atoms with van der Waals surface area (Å²) >= 11 is 0. The Kier molecular flexibility index (Phi) is 3.79. The number of carbonyl (C=O) groups is 1. The van der Waals surface area contributed by atoms with Gasteiger partial charge >= 0.3 is 6.09 Å². The van der Waals surface area contributed by atoms with Gasteiger partial charge in [-0.25, -0.2) is 4.79 Å². The lowest BCUT2D eigenvalue weighted by atomic mass is 9.92. The molecule has 0 bridgehead atoms. The molecule has 124 valence electrons. The molecule has 0 saturated heterocycles. The predicted molar refractivity (Wildman–Crippen MR) is 93.9 cm³/mol. The zero-order chi connectivity index (χ0) is 16.6. The lowest BCUT2D eigenvalue weighted by molar-refractivity contribution is 0.115. The zero-order valence-electron chi connectivity index (χ0n) is 13.8. The highest BCUT2D eigenvalue weighted by atomic mass is 16.4. The molecule has 2 aromatic carbocycles. The number of amides is 1. The predicted octanol–water partition coefficient (Wildman–Crippen LogP) is 4.89. The standard InChI is InChI=1S/C21H23NO2/c23-20(24)22(15-16-7-3-1-4-8-16)19-14-21(11-12-21)13-18(19)17-9-5-2-6-10-17/h1-10,18-19H,11-15H2,(H,23,24)/t18-,19?/m0/s1. The molecule has 2 aliphatic rings. The highest BCUT2D eigenvalue weighted by Crippen LogP contribution is 2.62. The summed E-state index contributed by atoms with van der Waals surface area (Å²) < 4.78 is 0. The van der Waals surface area contributed by atoms with Crippen molar-refractivity contribution in [3.8, 4) is 0 Å². The Morgan fingerprint density at radius 3 is 2.21 bits per heavy atom. The van der Waals surface area contributed by atoms with E-state index in [0.717, 1.165) is 18.4 Å². The third-order valence-electron chi connectivity index (χ3n) is 5.79. The molecular formula is C21H23NO2. The minimum atomic E-state index is -0.803. The van der Waals surface area contributed by atoms with E-state index < -0.39 is 6.09 Å². The Labute approximate surface area is 142 Å². The Morgan fingerprint density at radius 1 is 1.00 bits per heavy atom. The first-order valence-corrected chi connectivity index (χ1v) is 8.75. The molecule has 3 nitrogen and oxygen atoms in total. The van der Waals surface area contributed by atoms with Crippen molar-refractivity contribution in [2.45, 2.75) is 44.2 Å². The number of benzene rings is 2. The van der Waals surface area contributed by atoms with E-state index in [1.54, 1.807) is 4.90 Å². The monoisotopic (exact) mass is 321 g/mol. The fourth-order valence-electron chi connectivity index (χ4n) is 4.33. The molecule has 24 heavy (non-hydrogen) atoms. The van der Waals surface area contributed by atoms with Gasteiger partial charge in [-0.2, -0.15) is 0 Å². The third-order valence-corrected chi connectivity index (χ3v) is 5.79. The van der Waals surface area contributed by atoms with Crippen LogP contribution in [0.4, 0.5) is 4.79 Å². The first-order chi connectivity index (χ1) is 11.7. The summed E-state index contributed by atoms with van der Waals surface area (Å²) in [6.45, 7) is 0.472. The second kappa shape index (κ2) is 5.97. The molecule has 4 rings (SSSR count). The molecule has 2 aromatic rings. The second-order valence-electron chi connectivity index (χ2n) is 7.39. The van der Waals surface area contributed by atoms with Gasteiger partial charge in [0.2, 0.25) is 0 Å². The van der Waals surface area contributed by atoms with Gasteiger partial charge in [0, 0.05) is 18.5 Å². The summed E-state index contributed by atoms with van der Waals surface area (Å²) in [5.74, 6) is 0.313. The van der Waals surface area contributed by atoms with E-state index in [2.05, 4.69) is 24.3 Å². The van der Waals surface area contributed by atoms with Crippen LogP contribution in [0.3, 0.4) is 0 Å². The summed E-state index contributed by atoms with van der Waals surface area (Å²) in [7, 11) is 0. The quantitative estimate of drug-likeness (QED) is 0.870. The summed E-state index contributed by atoms with van der Waals surface area (Å²) in [4.78, 5) is 13.7. The minimum absolute atomic E-state index is 0.0765. The van der Waals surface area contributed by atoms with Crippen LogP contribution in [0.15, 0.2) is 60.7 Å². The van der Waals surface area contributed by atoms with Crippen LogP contribution in [0.25, 0.3) is 0 Å². The maximum absolute atomic E-state index is 12.0. The van der Waals surface area contributed by atoms with Gasteiger partial charge in [0.25, 0.3) is 0 Å². The molecule has 0 heterocycles. The van der Waals surface area contributed by atoms with Crippen LogP contribution in [0.5, 0.6) is 0 Å². The summed E-state index contributed by atoms with van der Waals surface area (Å²) in [5, 5.41) is 9.88. The van der Waals surface area contributed by atoms with E-state index in [9.17, 15) is 9.90 Å². The van der Waals surface area contributed by atoms with Crippen LogP contribution in [-0.4, -0.2) is 22.1 Å². The molecule has 1 amide bonds. The normalized spacial score (nSPS) is 24.0. The Bertz CT molecular complexity index is 709. The van der Waals surface area contributed by atoms with Crippen molar-refractivity contribution < 1.29 is 9.90 Å². The van der Waals surface area contributed by atoms with Crippen LogP contribution in [0, 0.1) is 5.41 Å². The number of nitrogens with zero attached hydrogens (tertiary/aromatic N) is 1. The number of rotatable bonds is 4. The Hall–Kier alpha value is -2.29. The van der Waals surface area contributed by atoms with Gasteiger partial charge in [0.1, 0.15) is 0 Å². The SMILES string of the molecule is O=C(O)N(Cc1ccccc1)C1CC2(CC2)C[C@H]1c1ccccc1. The molecule has 1 spiro atoms. The van der Waals surface area contributed by atoms with Gasteiger partial charge in [-0.3, -0.25) is 0 Å². The largest absolute Gasteiger partial charge is 0.465 e. The van der Waals surface area contributed by atoms with Gasteiger partial charge in [-0.05, 0) is 42.2 Å². The van der Waals surface area contributed by atoms with E-state index in [4.69, 9.17) is 0 Å². The lowest BCUT2D eigenvalue weighted by Gasteiger charge is -2.31. The topological polar surface area (TPSA) is 40.5 Å². The summed E-state index contributed by atoms with van der Waals surface area (Å²) in [6, 6.07) is 20.5.